The Morgan fingerprint density at radius 3 is 3.07 bits per heavy atom. The molecule has 0 aliphatic carbocycles. The fraction of sp³-hybridized carbons (Fsp3) is 0.600. The Kier molecular flexibility index (Phi) is 5.28. The molecule has 0 aromatic carbocycles. The van der Waals surface area contributed by atoms with Crippen molar-refractivity contribution < 1.29 is 9.53 Å². The Morgan fingerprint density at radius 1 is 1.73 bits per heavy atom. The standard InChI is InChI=1S/C10H16N2O2S/c1-3-4-8(5-14-2)12-10(13)9-6-15-7-11-9/h6-8H,3-5H2,1-2H3,(H,12,13). The van der Waals surface area contributed by atoms with E-state index in [1.54, 1.807) is 18.0 Å². The van der Waals surface area contributed by atoms with Gasteiger partial charge < -0.3 is 10.1 Å². The van der Waals surface area contributed by atoms with Crippen LogP contribution in [-0.4, -0.2) is 30.6 Å². The molecule has 0 aliphatic heterocycles. The van der Waals surface area contributed by atoms with Gasteiger partial charge in [-0.15, -0.1) is 11.3 Å². The summed E-state index contributed by atoms with van der Waals surface area (Å²) in [4.78, 5) is 15.6. The zero-order chi connectivity index (χ0) is 11.1. The monoisotopic (exact) mass is 228 g/mol. The van der Waals surface area contributed by atoms with Crippen LogP contribution in [0.25, 0.3) is 0 Å². The van der Waals surface area contributed by atoms with Crippen molar-refractivity contribution in [1.82, 2.24) is 10.3 Å². The van der Waals surface area contributed by atoms with Crippen molar-refractivity contribution in [2.45, 2.75) is 25.8 Å². The highest BCUT2D eigenvalue weighted by atomic mass is 32.1. The first-order valence-corrected chi connectivity index (χ1v) is 5.90. The fourth-order valence-electron chi connectivity index (χ4n) is 1.33. The predicted molar refractivity (Wildman–Crippen MR) is 60.2 cm³/mol. The van der Waals surface area contributed by atoms with Crippen molar-refractivity contribution in [1.29, 1.82) is 0 Å². The number of carbonyl (C=O) groups is 1. The van der Waals surface area contributed by atoms with Gasteiger partial charge in [0.05, 0.1) is 18.2 Å². The Balaban J connectivity index is 2.47. The number of aromatic nitrogens is 1. The van der Waals surface area contributed by atoms with Gasteiger partial charge in [-0.1, -0.05) is 13.3 Å². The minimum absolute atomic E-state index is 0.0780. The second-order valence-electron chi connectivity index (χ2n) is 3.29. The molecule has 1 aromatic heterocycles. The molecule has 1 N–H and O–H groups in total. The van der Waals surface area contributed by atoms with E-state index in [-0.39, 0.29) is 11.9 Å². The lowest BCUT2D eigenvalue weighted by Crippen LogP contribution is -2.38. The summed E-state index contributed by atoms with van der Waals surface area (Å²) in [6, 6.07) is 0.0780. The van der Waals surface area contributed by atoms with E-state index in [9.17, 15) is 4.79 Å². The van der Waals surface area contributed by atoms with Gasteiger partial charge in [-0.3, -0.25) is 4.79 Å². The van der Waals surface area contributed by atoms with Crippen molar-refractivity contribution in [3.05, 3.63) is 16.6 Å². The molecule has 0 saturated heterocycles. The number of nitrogens with zero attached hydrogens (tertiary/aromatic N) is 1. The second kappa shape index (κ2) is 6.53. The van der Waals surface area contributed by atoms with Gasteiger partial charge in [-0.25, -0.2) is 4.98 Å². The van der Waals surface area contributed by atoms with Gasteiger partial charge in [0.25, 0.3) is 5.91 Å². The number of amides is 1. The number of ether oxygens (including phenoxy) is 1. The molecule has 84 valence electrons. The lowest BCUT2D eigenvalue weighted by Gasteiger charge is -2.16. The van der Waals surface area contributed by atoms with Gasteiger partial charge in [0.1, 0.15) is 5.69 Å². The van der Waals surface area contributed by atoms with Crippen molar-refractivity contribution >= 4 is 17.2 Å². The smallest absolute Gasteiger partial charge is 0.271 e. The highest BCUT2D eigenvalue weighted by molar-refractivity contribution is 7.07. The lowest BCUT2D eigenvalue weighted by atomic mass is 10.2. The number of methoxy groups -OCH3 is 1. The average Bonchev–Trinajstić information content (AvgIpc) is 2.71. The van der Waals surface area contributed by atoms with Gasteiger partial charge in [0, 0.05) is 12.5 Å². The van der Waals surface area contributed by atoms with E-state index in [1.165, 1.54) is 11.3 Å². The third kappa shape index (κ3) is 3.97. The van der Waals surface area contributed by atoms with Crippen molar-refractivity contribution in [3.63, 3.8) is 0 Å². The first kappa shape index (κ1) is 12.1. The number of nitrogens with one attached hydrogen (secondary N) is 1. The summed E-state index contributed by atoms with van der Waals surface area (Å²) in [5.74, 6) is -0.119. The molecule has 0 aliphatic rings. The van der Waals surface area contributed by atoms with Crippen molar-refractivity contribution in [2.24, 2.45) is 0 Å². The highest BCUT2D eigenvalue weighted by Gasteiger charge is 2.13. The molecular weight excluding hydrogens is 212 g/mol. The van der Waals surface area contributed by atoms with E-state index >= 15 is 0 Å². The summed E-state index contributed by atoms with van der Waals surface area (Å²) in [7, 11) is 1.64. The van der Waals surface area contributed by atoms with E-state index in [2.05, 4.69) is 17.2 Å². The van der Waals surface area contributed by atoms with Gasteiger partial charge in [-0.05, 0) is 6.42 Å². The zero-order valence-electron chi connectivity index (χ0n) is 9.03. The highest BCUT2D eigenvalue weighted by Crippen LogP contribution is 2.03. The maximum atomic E-state index is 11.6. The van der Waals surface area contributed by atoms with Gasteiger partial charge in [-0.2, -0.15) is 0 Å². The van der Waals surface area contributed by atoms with Gasteiger partial charge in [0.2, 0.25) is 0 Å². The average molecular weight is 228 g/mol. The SMILES string of the molecule is CCCC(COC)NC(=O)c1cscn1. The minimum Gasteiger partial charge on any atom is -0.383 e. The number of hydrogen-bond acceptors (Lipinski definition) is 4. The van der Waals surface area contributed by atoms with Crippen LogP contribution in [0.1, 0.15) is 30.3 Å². The van der Waals surface area contributed by atoms with E-state index in [1.807, 2.05) is 0 Å². The molecule has 4 nitrogen and oxygen atoms in total. The van der Waals surface area contributed by atoms with Gasteiger partial charge in [0.15, 0.2) is 0 Å². The summed E-state index contributed by atoms with van der Waals surface area (Å²) in [6.45, 7) is 2.63. The topological polar surface area (TPSA) is 51.2 Å². The molecule has 1 aromatic rings. The molecule has 0 radical (unpaired) electrons. The van der Waals surface area contributed by atoms with E-state index in [0.29, 0.717) is 12.3 Å². The summed E-state index contributed by atoms with van der Waals surface area (Å²) in [5.41, 5.74) is 2.14. The summed E-state index contributed by atoms with van der Waals surface area (Å²) in [5, 5.41) is 4.64. The maximum Gasteiger partial charge on any atom is 0.271 e. The summed E-state index contributed by atoms with van der Waals surface area (Å²) >= 11 is 1.42. The number of rotatable bonds is 6. The first-order chi connectivity index (χ1) is 7.27. The fourth-order valence-corrected chi connectivity index (χ4v) is 1.86. The largest absolute Gasteiger partial charge is 0.383 e. The van der Waals surface area contributed by atoms with E-state index in [0.717, 1.165) is 12.8 Å². The molecule has 1 heterocycles. The van der Waals surface area contributed by atoms with Crippen LogP contribution in [0, 0.1) is 0 Å². The third-order valence-corrected chi connectivity index (χ3v) is 2.59. The zero-order valence-corrected chi connectivity index (χ0v) is 9.84. The Hall–Kier alpha value is -0.940. The van der Waals surface area contributed by atoms with Crippen LogP contribution in [-0.2, 0) is 4.74 Å². The van der Waals surface area contributed by atoms with E-state index < -0.39 is 0 Å². The lowest BCUT2D eigenvalue weighted by molar-refractivity contribution is 0.0887. The Morgan fingerprint density at radius 2 is 2.53 bits per heavy atom. The predicted octanol–water partition coefficient (Wildman–Crippen LogP) is 1.69. The van der Waals surface area contributed by atoms with Crippen LogP contribution < -0.4 is 5.32 Å². The molecule has 1 atom stereocenters. The molecule has 1 unspecified atom stereocenters. The van der Waals surface area contributed by atoms with E-state index in [4.69, 9.17) is 4.74 Å². The molecule has 0 spiro atoms. The minimum atomic E-state index is -0.119. The quantitative estimate of drug-likeness (QED) is 0.806. The van der Waals surface area contributed by atoms with Crippen LogP contribution in [0.5, 0.6) is 0 Å². The number of hydrogen-bond donors (Lipinski definition) is 1. The Bertz CT molecular complexity index is 282. The molecule has 0 bridgehead atoms. The normalized spacial score (nSPS) is 12.4. The Labute approximate surface area is 93.7 Å². The molecule has 1 rings (SSSR count). The maximum absolute atomic E-state index is 11.6. The molecule has 5 heteroatoms. The molecule has 1 amide bonds. The second-order valence-corrected chi connectivity index (χ2v) is 4.01. The van der Waals surface area contributed by atoms with Crippen LogP contribution in [0.2, 0.25) is 0 Å². The first-order valence-electron chi connectivity index (χ1n) is 4.96. The molecule has 15 heavy (non-hydrogen) atoms. The van der Waals surface area contributed by atoms with Gasteiger partial charge >= 0.3 is 0 Å². The van der Waals surface area contributed by atoms with Crippen LogP contribution >= 0.6 is 11.3 Å². The van der Waals surface area contributed by atoms with Crippen LogP contribution in [0.3, 0.4) is 0 Å². The van der Waals surface area contributed by atoms with Crippen molar-refractivity contribution in [2.75, 3.05) is 13.7 Å². The van der Waals surface area contributed by atoms with Crippen LogP contribution in [0.15, 0.2) is 10.9 Å². The number of thiazole rings is 1. The van der Waals surface area contributed by atoms with Crippen LogP contribution in [0.4, 0.5) is 0 Å². The van der Waals surface area contributed by atoms with Crippen molar-refractivity contribution in [3.8, 4) is 0 Å². The summed E-state index contributed by atoms with van der Waals surface area (Å²) in [6.07, 6.45) is 1.94. The summed E-state index contributed by atoms with van der Waals surface area (Å²) < 4.78 is 5.04. The molecule has 0 saturated carbocycles. The third-order valence-electron chi connectivity index (χ3n) is 2.01. The molecular formula is C10H16N2O2S. The number of carbonyl (C=O) groups excluding carboxylic acids is 1. The molecule has 0 fully saturated rings.